The number of hydrogen-bond donors (Lipinski definition) is 1. The molecule has 3 rings (SSSR count). The Balaban J connectivity index is 2.11. The first-order chi connectivity index (χ1) is 11.5. The van der Waals surface area contributed by atoms with Gasteiger partial charge >= 0.3 is 0 Å². The minimum absolute atomic E-state index is 0.109. The van der Waals surface area contributed by atoms with Crippen molar-refractivity contribution in [2.24, 2.45) is 0 Å². The lowest BCUT2D eigenvalue weighted by Gasteiger charge is -2.24. The quantitative estimate of drug-likeness (QED) is 0.852. The summed E-state index contributed by atoms with van der Waals surface area (Å²) in [4.78, 5) is 4.91. The summed E-state index contributed by atoms with van der Waals surface area (Å²) in [5, 5.41) is 9.70. The Morgan fingerprint density at radius 2 is 1.92 bits per heavy atom. The summed E-state index contributed by atoms with van der Waals surface area (Å²) >= 11 is 0. The van der Waals surface area contributed by atoms with Crippen LogP contribution in [0.25, 0.3) is 11.1 Å². The van der Waals surface area contributed by atoms with Gasteiger partial charge in [-0.05, 0) is 43.0 Å². The summed E-state index contributed by atoms with van der Waals surface area (Å²) in [6, 6.07) is 10.5. The van der Waals surface area contributed by atoms with Crippen LogP contribution in [0.5, 0.6) is 5.75 Å². The number of ether oxygens (including phenoxy) is 1. The van der Waals surface area contributed by atoms with Gasteiger partial charge in [0, 0.05) is 33.8 Å². The molecule has 3 nitrogen and oxygen atoms in total. The van der Waals surface area contributed by atoms with E-state index in [1.54, 1.807) is 7.11 Å². The number of methoxy groups -OCH3 is 1. The fourth-order valence-corrected chi connectivity index (χ4v) is 3.07. The number of nitrogens with zero attached hydrogens (tertiary/aromatic N) is 1. The maximum atomic E-state index is 9.70. The Morgan fingerprint density at radius 1 is 1.17 bits per heavy atom. The minimum Gasteiger partial charge on any atom is -0.496 e. The minimum atomic E-state index is -0.283. The van der Waals surface area contributed by atoms with Crippen LogP contribution < -0.4 is 4.74 Å². The summed E-state index contributed by atoms with van der Waals surface area (Å²) in [6.07, 6.45) is 3.42. The molecule has 2 aromatic rings. The van der Waals surface area contributed by atoms with Crippen LogP contribution >= 0.6 is 0 Å². The van der Waals surface area contributed by atoms with Crippen LogP contribution in [0.2, 0.25) is 0 Å². The van der Waals surface area contributed by atoms with E-state index in [0.717, 1.165) is 34.6 Å². The summed E-state index contributed by atoms with van der Waals surface area (Å²) in [5.41, 5.74) is 5.36. The zero-order valence-electron chi connectivity index (χ0n) is 15.1. The van der Waals surface area contributed by atoms with Crippen molar-refractivity contribution in [2.75, 3.05) is 13.7 Å². The number of aryl methyl sites for hydroxylation is 1. The zero-order chi connectivity index (χ0) is 17.3. The third kappa shape index (κ3) is 3.18. The second kappa shape index (κ2) is 6.56. The molecule has 0 bridgehead atoms. The molecule has 0 atom stereocenters. The molecule has 1 fully saturated rings. The lowest BCUT2D eigenvalue weighted by Crippen LogP contribution is -2.22. The van der Waals surface area contributed by atoms with Gasteiger partial charge in [0.2, 0.25) is 0 Å². The van der Waals surface area contributed by atoms with Crippen LogP contribution in [-0.4, -0.2) is 23.8 Å². The van der Waals surface area contributed by atoms with E-state index in [1.807, 2.05) is 26.0 Å². The molecule has 1 heterocycles. The van der Waals surface area contributed by atoms with Crippen molar-refractivity contribution >= 4 is 0 Å². The zero-order valence-corrected chi connectivity index (χ0v) is 15.1. The average molecular weight is 325 g/mol. The summed E-state index contributed by atoms with van der Waals surface area (Å²) in [6.45, 7) is 6.36. The molecular weight excluding hydrogens is 298 g/mol. The monoisotopic (exact) mass is 325 g/mol. The van der Waals surface area contributed by atoms with Crippen LogP contribution in [0.4, 0.5) is 0 Å². The van der Waals surface area contributed by atoms with Crippen LogP contribution in [0, 0.1) is 0 Å². The first kappa shape index (κ1) is 17.0. The van der Waals surface area contributed by atoms with E-state index >= 15 is 0 Å². The van der Waals surface area contributed by atoms with Gasteiger partial charge in [-0.25, -0.2) is 0 Å². The normalized spacial score (nSPS) is 14.7. The van der Waals surface area contributed by atoms with Crippen molar-refractivity contribution in [2.45, 2.75) is 51.4 Å². The Bertz CT molecular complexity index is 733. The van der Waals surface area contributed by atoms with Gasteiger partial charge in [-0.1, -0.05) is 32.9 Å². The average Bonchev–Trinajstić information content (AvgIpc) is 3.45. The maximum Gasteiger partial charge on any atom is 0.126 e. The Kier molecular flexibility index (Phi) is 4.64. The highest BCUT2D eigenvalue weighted by atomic mass is 16.5. The number of aliphatic hydroxyl groups is 1. The van der Waals surface area contributed by atoms with Crippen molar-refractivity contribution in [1.29, 1.82) is 0 Å². The van der Waals surface area contributed by atoms with Crippen molar-refractivity contribution < 1.29 is 9.84 Å². The fourth-order valence-electron chi connectivity index (χ4n) is 3.07. The van der Waals surface area contributed by atoms with E-state index in [4.69, 9.17) is 9.72 Å². The van der Waals surface area contributed by atoms with Gasteiger partial charge in [0.05, 0.1) is 13.7 Å². The molecule has 1 saturated carbocycles. The molecule has 24 heavy (non-hydrogen) atoms. The first-order valence-corrected chi connectivity index (χ1v) is 8.79. The molecule has 128 valence electrons. The predicted molar refractivity (Wildman–Crippen MR) is 97.7 cm³/mol. The molecule has 0 amide bonds. The third-order valence-corrected chi connectivity index (χ3v) is 4.99. The van der Waals surface area contributed by atoms with E-state index in [0.29, 0.717) is 5.92 Å². The Morgan fingerprint density at radius 3 is 2.50 bits per heavy atom. The second-order valence-electron chi connectivity index (χ2n) is 7.32. The molecular formula is C21H27NO2. The summed E-state index contributed by atoms with van der Waals surface area (Å²) < 4.78 is 5.60. The number of aromatic nitrogens is 1. The van der Waals surface area contributed by atoms with Crippen molar-refractivity contribution in [3.8, 4) is 16.9 Å². The van der Waals surface area contributed by atoms with Crippen LogP contribution in [0.3, 0.4) is 0 Å². The first-order valence-electron chi connectivity index (χ1n) is 8.79. The summed E-state index contributed by atoms with van der Waals surface area (Å²) in [7, 11) is 1.70. The lowest BCUT2D eigenvalue weighted by molar-refractivity contribution is 0.218. The molecule has 1 aliphatic rings. The molecule has 0 saturated heterocycles. The van der Waals surface area contributed by atoms with E-state index in [9.17, 15) is 5.11 Å². The topological polar surface area (TPSA) is 42.4 Å². The number of pyridine rings is 1. The standard InChI is InChI=1S/C21H27NO2/c1-5-18-16(9-10-19(22-18)14-6-7-14)17-12-15(21(2,3)13-23)8-11-20(17)24-4/h8-12,14,23H,5-7,13H2,1-4H3. The molecule has 0 aliphatic heterocycles. The van der Waals surface area contributed by atoms with Crippen molar-refractivity contribution in [1.82, 2.24) is 4.98 Å². The molecule has 1 N–H and O–H groups in total. The SMILES string of the molecule is CCc1nc(C2CC2)ccc1-c1cc(C(C)(C)CO)ccc1OC. The second-order valence-corrected chi connectivity index (χ2v) is 7.32. The van der Waals surface area contributed by atoms with E-state index in [-0.39, 0.29) is 12.0 Å². The molecule has 1 aromatic heterocycles. The van der Waals surface area contributed by atoms with Gasteiger partial charge in [-0.2, -0.15) is 0 Å². The molecule has 0 spiro atoms. The van der Waals surface area contributed by atoms with Gasteiger partial charge in [-0.3, -0.25) is 4.98 Å². The number of benzene rings is 1. The fraction of sp³-hybridized carbons (Fsp3) is 0.476. The third-order valence-electron chi connectivity index (χ3n) is 4.99. The number of rotatable bonds is 6. The van der Waals surface area contributed by atoms with E-state index in [2.05, 4.69) is 25.1 Å². The van der Waals surface area contributed by atoms with Gasteiger partial charge in [0.1, 0.15) is 5.75 Å². The smallest absolute Gasteiger partial charge is 0.126 e. The molecule has 1 aromatic carbocycles. The van der Waals surface area contributed by atoms with Gasteiger partial charge in [0.25, 0.3) is 0 Å². The van der Waals surface area contributed by atoms with E-state index < -0.39 is 0 Å². The highest BCUT2D eigenvalue weighted by Gasteiger charge is 2.26. The predicted octanol–water partition coefficient (Wildman–Crippen LogP) is 4.47. The maximum absolute atomic E-state index is 9.70. The molecule has 3 heteroatoms. The molecule has 0 unspecified atom stereocenters. The van der Waals surface area contributed by atoms with Gasteiger partial charge in [0.15, 0.2) is 0 Å². The molecule has 0 radical (unpaired) electrons. The van der Waals surface area contributed by atoms with Crippen LogP contribution in [-0.2, 0) is 11.8 Å². The van der Waals surface area contributed by atoms with Crippen molar-refractivity contribution in [3.63, 3.8) is 0 Å². The van der Waals surface area contributed by atoms with Crippen LogP contribution in [0.1, 0.15) is 56.5 Å². The van der Waals surface area contributed by atoms with Crippen molar-refractivity contribution in [3.05, 3.63) is 47.3 Å². The molecule has 1 aliphatic carbocycles. The highest BCUT2D eigenvalue weighted by Crippen LogP contribution is 2.41. The van der Waals surface area contributed by atoms with Gasteiger partial charge in [-0.15, -0.1) is 0 Å². The van der Waals surface area contributed by atoms with E-state index in [1.165, 1.54) is 18.5 Å². The number of hydrogen-bond acceptors (Lipinski definition) is 3. The number of aliphatic hydroxyl groups excluding tert-OH is 1. The highest BCUT2D eigenvalue weighted by molar-refractivity contribution is 5.73. The summed E-state index contributed by atoms with van der Waals surface area (Å²) in [5.74, 6) is 1.51. The van der Waals surface area contributed by atoms with Crippen LogP contribution in [0.15, 0.2) is 30.3 Å². The lowest BCUT2D eigenvalue weighted by atomic mass is 9.83. The van der Waals surface area contributed by atoms with Gasteiger partial charge < -0.3 is 9.84 Å². The largest absolute Gasteiger partial charge is 0.496 e. The Hall–Kier alpha value is -1.87. The Labute approximate surface area is 144 Å².